The minimum atomic E-state index is 0.356. The van der Waals surface area contributed by atoms with Gasteiger partial charge in [0.05, 0.1) is 19.0 Å². The summed E-state index contributed by atoms with van der Waals surface area (Å²) in [4.78, 5) is 4.02. The van der Waals surface area contributed by atoms with Crippen molar-refractivity contribution in [3.63, 3.8) is 0 Å². The van der Waals surface area contributed by atoms with Crippen molar-refractivity contribution in [2.45, 2.75) is 6.54 Å². The van der Waals surface area contributed by atoms with Gasteiger partial charge >= 0.3 is 0 Å². The van der Waals surface area contributed by atoms with Gasteiger partial charge in [0, 0.05) is 0 Å². The second kappa shape index (κ2) is 4.01. The van der Waals surface area contributed by atoms with E-state index in [0.717, 1.165) is 5.76 Å². The van der Waals surface area contributed by atoms with E-state index in [1.807, 2.05) is 12.1 Å². The lowest BCUT2D eigenvalue weighted by atomic mass is 10.4. The number of aromatic amines is 1. The van der Waals surface area contributed by atoms with Crippen LogP contribution in [0.4, 0.5) is 5.82 Å². The Morgan fingerprint density at radius 3 is 3.21 bits per heavy atom. The zero-order chi connectivity index (χ0) is 9.80. The van der Waals surface area contributed by atoms with Gasteiger partial charge in [0.15, 0.2) is 0 Å². The molecule has 2 rings (SSSR count). The summed E-state index contributed by atoms with van der Waals surface area (Å²) in [6, 6.07) is 3.71. The van der Waals surface area contributed by atoms with Crippen molar-refractivity contribution in [2.75, 3.05) is 5.32 Å². The average molecular weight is 208 g/mol. The zero-order valence-electron chi connectivity index (χ0n) is 7.23. The second-order valence-corrected chi connectivity index (χ2v) is 2.99. The van der Waals surface area contributed by atoms with Gasteiger partial charge in [0.2, 0.25) is 4.77 Å². The lowest BCUT2D eigenvalue weighted by molar-refractivity contribution is 0.517. The highest BCUT2D eigenvalue weighted by atomic mass is 32.1. The number of hydrogen-bond donors (Lipinski definition) is 2. The molecule has 0 aliphatic rings. The molecule has 0 aliphatic heterocycles. The molecule has 2 aromatic rings. The largest absolute Gasteiger partial charge is 0.467 e. The monoisotopic (exact) mass is 208 g/mol. The number of rotatable bonds is 3. The predicted molar refractivity (Wildman–Crippen MR) is 53.3 cm³/mol. The molecule has 2 heterocycles. The van der Waals surface area contributed by atoms with Gasteiger partial charge in [-0.1, -0.05) is 0 Å². The minimum Gasteiger partial charge on any atom is -0.467 e. The molecule has 14 heavy (non-hydrogen) atoms. The van der Waals surface area contributed by atoms with Gasteiger partial charge in [-0.15, -0.1) is 0 Å². The first-order valence-electron chi connectivity index (χ1n) is 4.02. The van der Waals surface area contributed by atoms with Gasteiger partial charge in [0.1, 0.15) is 11.6 Å². The van der Waals surface area contributed by atoms with Crippen LogP contribution in [-0.4, -0.2) is 15.2 Å². The first-order valence-corrected chi connectivity index (χ1v) is 4.43. The number of nitrogens with one attached hydrogen (secondary N) is 2. The summed E-state index contributed by atoms with van der Waals surface area (Å²) in [5.74, 6) is 1.47. The van der Waals surface area contributed by atoms with E-state index < -0.39 is 0 Å². The van der Waals surface area contributed by atoms with Crippen LogP contribution in [0, 0.1) is 4.77 Å². The van der Waals surface area contributed by atoms with Gasteiger partial charge in [-0.3, -0.25) is 5.10 Å². The number of hydrogen-bond acceptors (Lipinski definition) is 5. The number of furan rings is 1. The van der Waals surface area contributed by atoms with Crippen molar-refractivity contribution in [3.05, 3.63) is 35.1 Å². The van der Waals surface area contributed by atoms with E-state index in [0.29, 0.717) is 17.1 Å². The Kier molecular flexibility index (Phi) is 2.55. The summed E-state index contributed by atoms with van der Waals surface area (Å²) in [5.41, 5.74) is 0. The Labute approximate surface area is 85.2 Å². The van der Waals surface area contributed by atoms with Crippen LogP contribution in [0.2, 0.25) is 0 Å². The summed E-state index contributed by atoms with van der Waals surface area (Å²) >= 11 is 4.82. The summed E-state index contributed by atoms with van der Waals surface area (Å²) in [6.45, 7) is 0.570. The molecular formula is C8H8N4OS. The van der Waals surface area contributed by atoms with Crippen molar-refractivity contribution < 1.29 is 4.42 Å². The molecule has 0 fully saturated rings. The zero-order valence-corrected chi connectivity index (χ0v) is 8.04. The van der Waals surface area contributed by atoms with Gasteiger partial charge < -0.3 is 9.73 Å². The number of nitrogens with zero attached hydrogens (tertiary/aromatic N) is 2. The van der Waals surface area contributed by atoms with Crippen LogP contribution in [0.25, 0.3) is 0 Å². The molecule has 0 spiro atoms. The number of anilines is 1. The highest BCUT2D eigenvalue weighted by Gasteiger charge is 1.96. The van der Waals surface area contributed by atoms with E-state index in [-0.39, 0.29) is 0 Å². The van der Waals surface area contributed by atoms with E-state index in [1.54, 1.807) is 12.5 Å². The quantitative estimate of drug-likeness (QED) is 0.752. The smallest absolute Gasteiger partial charge is 0.215 e. The van der Waals surface area contributed by atoms with E-state index in [4.69, 9.17) is 16.6 Å². The first kappa shape index (κ1) is 8.89. The maximum atomic E-state index is 5.14. The fraction of sp³-hybridized carbons (Fsp3) is 0.125. The van der Waals surface area contributed by atoms with Crippen LogP contribution >= 0.6 is 12.2 Å². The van der Waals surface area contributed by atoms with Crippen LogP contribution in [0.5, 0.6) is 0 Å². The van der Waals surface area contributed by atoms with E-state index >= 15 is 0 Å². The molecule has 0 unspecified atom stereocenters. The SMILES string of the molecule is S=c1nc(NCc2ccco2)cn[nH]1. The fourth-order valence-electron chi connectivity index (χ4n) is 0.988. The average Bonchev–Trinajstić information content (AvgIpc) is 2.67. The van der Waals surface area contributed by atoms with Crippen molar-refractivity contribution in [2.24, 2.45) is 0 Å². The molecule has 6 heteroatoms. The molecule has 0 bridgehead atoms. The lowest BCUT2D eigenvalue weighted by Gasteiger charge is -2.00. The molecule has 72 valence electrons. The number of aromatic nitrogens is 3. The Bertz CT molecular complexity index is 450. The Morgan fingerprint density at radius 1 is 1.57 bits per heavy atom. The molecule has 0 saturated heterocycles. The van der Waals surface area contributed by atoms with E-state index in [2.05, 4.69) is 20.5 Å². The van der Waals surface area contributed by atoms with Gasteiger partial charge in [-0.2, -0.15) is 5.10 Å². The minimum absolute atomic E-state index is 0.356. The summed E-state index contributed by atoms with van der Waals surface area (Å²) in [5, 5.41) is 9.39. The standard InChI is InChI=1S/C8H8N4OS/c14-8-11-7(5-10-12-8)9-4-6-2-1-3-13-6/h1-3,5H,4H2,(H2,9,11,12,14). The molecule has 0 atom stereocenters. The molecule has 2 N–H and O–H groups in total. The second-order valence-electron chi connectivity index (χ2n) is 2.61. The lowest BCUT2D eigenvalue weighted by Crippen LogP contribution is -2.01. The third kappa shape index (κ3) is 2.17. The van der Waals surface area contributed by atoms with Gasteiger partial charge in [-0.25, -0.2) is 4.98 Å². The molecule has 0 radical (unpaired) electrons. The Balaban J connectivity index is 2.02. The molecule has 0 aromatic carbocycles. The first-order chi connectivity index (χ1) is 6.84. The summed E-state index contributed by atoms with van der Waals surface area (Å²) in [7, 11) is 0. The van der Waals surface area contributed by atoms with Crippen molar-refractivity contribution in [3.8, 4) is 0 Å². The van der Waals surface area contributed by atoms with Gasteiger partial charge in [0.25, 0.3) is 0 Å². The molecule has 0 saturated carbocycles. The van der Waals surface area contributed by atoms with Gasteiger partial charge in [-0.05, 0) is 24.4 Å². The molecule has 0 aliphatic carbocycles. The van der Waals surface area contributed by atoms with Crippen LogP contribution in [0.15, 0.2) is 29.0 Å². The highest BCUT2D eigenvalue weighted by Crippen LogP contribution is 2.04. The number of H-pyrrole nitrogens is 1. The molecule has 0 amide bonds. The van der Waals surface area contributed by atoms with Crippen molar-refractivity contribution >= 4 is 18.0 Å². The summed E-state index contributed by atoms with van der Waals surface area (Å²) < 4.78 is 5.50. The van der Waals surface area contributed by atoms with Crippen molar-refractivity contribution in [1.29, 1.82) is 0 Å². The van der Waals surface area contributed by atoms with Crippen LogP contribution in [0.3, 0.4) is 0 Å². The Hall–Kier alpha value is -1.69. The maximum Gasteiger partial charge on any atom is 0.215 e. The van der Waals surface area contributed by atoms with E-state index in [9.17, 15) is 0 Å². The maximum absolute atomic E-state index is 5.14. The van der Waals surface area contributed by atoms with Crippen molar-refractivity contribution in [1.82, 2.24) is 15.2 Å². The molecule has 5 nitrogen and oxygen atoms in total. The Morgan fingerprint density at radius 2 is 2.50 bits per heavy atom. The topological polar surface area (TPSA) is 66.7 Å². The van der Waals surface area contributed by atoms with Crippen LogP contribution < -0.4 is 5.32 Å². The summed E-state index contributed by atoms with van der Waals surface area (Å²) in [6.07, 6.45) is 3.19. The normalized spacial score (nSPS) is 10.0. The van der Waals surface area contributed by atoms with Crippen LogP contribution in [-0.2, 0) is 6.54 Å². The molecule has 2 aromatic heterocycles. The third-order valence-electron chi connectivity index (χ3n) is 1.59. The highest BCUT2D eigenvalue weighted by molar-refractivity contribution is 7.71. The molecular weight excluding hydrogens is 200 g/mol. The predicted octanol–water partition coefficient (Wildman–Crippen LogP) is 1.74. The fourth-order valence-corrected chi connectivity index (χ4v) is 1.14. The third-order valence-corrected chi connectivity index (χ3v) is 1.78. The van der Waals surface area contributed by atoms with E-state index in [1.165, 1.54) is 0 Å². The van der Waals surface area contributed by atoms with Crippen LogP contribution in [0.1, 0.15) is 5.76 Å².